The fourth-order valence-electron chi connectivity index (χ4n) is 4.08. The summed E-state index contributed by atoms with van der Waals surface area (Å²) < 4.78 is 23.5. The molecule has 2 saturated heterocycles. The van der Waals surface area contributed by atoms with Crippen molar-refractivity contribution in [1.29, 1.82) is 0 Å². The van der Waals surface area contributed by atoms with Crippen molar-refractivity contribution in [2.45, 2.75) is 50.1 Å². The number of morpholine rings is 1. The van der Waals surface area contributed by atoms with E-state index in [0.29, 0.717) is 50.2 Å². The number of carbonyl (C=O) groups is 1. The molecule has 0 aromatic carbocycles. The Kier molecular flexibility index (Phi) is 5.28. The van der Waals surface area contributed by atoms with Crippen LogP contribution < -0.4 is 15.4 Å². The molecule has 0 spiro atoms. The maximum atomic E-state index is 13.2. The summed E-state index contributed by atoms with van der Waals surface area (Å²) in [6.45, 7) is 8.39. The first-order valence-corrected chi connectivity index (χ1v) is 11.6. The van der Waals surface area contributed by atoms with Crippen molar-refractivity contribution < 1.29 is 18.5 Å². The van der Waals surface area contributed by atoms with Gasteiger partial charge in [-0.3, -0.25) is 9.00 Å². The first-order valence-electron chi connectivity index (χ1n) is 10.00. The van der Waals surface area contributed by atoms with Gasteiger partial charge < -0.3 is 25.0 Å². The monoisotopic (exact) mass is 423 g/mol. The number of anilines is 1. The second kappa shape index (κ2) is 7.48. The zero-order valence-electron chi connectivity index (χ0n) is 17.4. The van der Waals surface area contributed by atoms with Crippen LogP contribution in [0.25, 0.3) is 0 Å². The third-order valence-electron chi connectivity index (χ3n) is 6.04. The van der Waals surface area contributed by atoms with Crippen LogP contribution >= 0.6 is 0 Å². The first-order chi connectivity index (χ1) is 13.7. The molecule has 0 radical (unpaired) electrons. The molecule has 2 fully saturated rings. The van der Waals surface area contributed by atoms with Gasteiger partial charge in [-0.25, -0.2) is 9.97 Å². The highest BCUT2D eigenvalue weighted by molar-refractivity contribution is 7.85. The Bertz CT molecular complexity index is 848. The molecule has 4 heterocycles. The molecule has 0 bridgehead atoms. The van der Waals surface area contributed by atoms with E-state index in [0.717, 1.165) is 6.42 Å². The predicted octanol–water partition coefficient (Wildman–Crippen LogP) is 0.250. The molecule has 1 unspecified atom stereocenters. The molecule has 4 atom stereocenters. The number of carbonyl (C=O) groups excluding carboxylic acids is 1. The SMILES string of the molecule is C[C@@H]1COC[C@H]2COc3c(nc(C(=O)N4CC[C@@H](N)C4)nc3C(C)(C)S(C)=O)N21. The lowest BCUT2D eigenvalue weighted by molar-refractivity contribution is 0.0480. The minimum Gasteiger partial charge on any atom is -0.486 e. The molecule has 3 aliphatic rings. The molecule has 3 aliphatic heterocycles. The van der Waals surface area contributed by atoms with E-state index in [1.807, 2.05) is 13.8 Å². The second-order valence-electron chi connectivity index (χ2n) is 8.57. The van der Waals surface area contributed by atoms with Gasteiger partial charge in [0.2, 0.25) is 5.82 Å². The van der Waals surface area contributed by atoms with E-state index in [1.54, 1.807) is 11.2 Å². The second-order valence-corrected chi connectivity index (χ2v) is 10.5. The van der Waals surface area contributed by atoms with Gasteiger partial charge in [0.25, 0.3) is 5.91 Å². The van der Waals surface area contributed by atoms with Crippen molar-refractivity contribution >= 4 is 22.5 Å². The molecule has 1 aromatic heterocycles. The average molecular weight is 424 g/mol. The summed E-state index contributed by atoms with van der Waals surface area (Å²) >= 11 is 0. The Balaban J connectivity index is 1.84. The number of ether oxygens (including phenoxy) is 2. The number of hydrogen-bond donors (Lipinski definition) is 1. The van der Waals surface area contributed by atoms with E-state index in [-0.39, 0.29) is 29.9 Å². The zero-order valence-corrected chi connectivity index (χ0v) is 18.2. The van der Waals surface area contributed by atoms with Crippen LogP contribution in [0.4, 0.5) is 5.82 Å². The highest BCUT2D eigenvalue weighted by atomic mass is 32.2. The van der Waals surface area contributed by atoms with Crippen LogP contribution in [0.1, 0.15) is 43.5 Å². The molecule has 9 nitrogen and oxygen atoms in total. The van der Waals surface area contributed by atoms with Gasteiger partial charge in [0.1, 0.15) is 12.3 Å². The smallest absolute Gasteiger partial charge is 0.291 e. The summed E-state index contributed by atoms with van der Waals surface area (Å²) in [5.41, 5.74) is 6.49. The Hall–Kier alpha value is -1.78. The van der Waals surface area contributed by atoms with Crippen molar-refractivity contribution in [3.63, 3.8) is 0 Å². The molecule has 10 heteroatoms. The number of nitrogens with two attached hydrogens (primary N) is 1. The fourth-order valence-corrected chi connectivity index (χ4v) is 4.49. The molecule has 4 rings (SSSR count). The highest BCUT2D eigenvalue weighted by Crippen LogP contribution is 2.42. The summed E-state index contributed by atoms with van der Waals surface area (Å²) in [4.78, 5) is 26.3. The molecule has 0 saturated carbocycles. The maximum Gasteiger partial charge on any atom is 0.291 e. The molecule has 29 heavy (non-hydrogen) atoms. The number of nitrogens with zero attached hydrogens (tertiary/aromatic N) is 4. The van der Waals surface area contributed by atoms with Crippen LogP contribution in [0, 0.1) is 0 Å². The Morgan fingerprint density at radius 1 is 1.28 bits per heavy atom. The first kappa shape index (κ1) is 20.5. The standard InChI is InChI=1S/C19H29N5O4S/c1-11-8-27-9-13-10-28-14-15(19(2,3)29(4)26)21-16(22-17(14)24(11)13)18(25)23-6-5-12(20)7-23/h11-13H,5-10,20H2,1-4H3/t11-,12-,13+,29?/m1/s1. The topological polar surface area (TPSA) is 111 Å². The summed E-state index contributed by atoms with van der Waals surface area (Å²) in [5, 5.41) is 0. The van der Waals surface area contributed by atoms with Crippen LogP contribution in [-0.4, -0.2) is 82.3 Å². The highest BCUT2D eigenvalue weighted by Gasteiger charge is 2.42. The lowest BCUT2D eigenvalue weighted by Gasteiger charge is -2.45. The van der Waals surface area contributed by atoms with Crippen molar-refractivity contribution in [1.82, 2.24) is 14.9 Å². The van der Waals surface area contributed by atoms with Crippen molar-refractivity contribution in [2.24, 2.45) is 5.73 Å². The lowest BCUT2D eigenvalue weighted by atomic mass is 10.0. The molecule has 1 amide bonds. The van der Waals surface area contributed by atoms with Gasteiger partial charge in [-0.15, -0.1) is 0 Å². The van der Waals surface area contributed by atoms with Gasteiger partial charge in [0.05, 0.1) is 30.0 Å². The number of aromatic nitrogens is 2. The van der Waals surface area contributed by atoms with Crippen molar-refractivity contribution in [3.05, 3.63) is 11.5 Å². The molecular weight excluding hydrogens is 394 g/mol. The Morgan fingerprint density at radius 3 is 2.69 bits per heavy atom. The Labute approximate surface area is 173 Å². The van der Waals surface area contributed by atoms with Crippen molar-refractivity contribution in [3.8, 4) is 5.75 Å². The molecule has 2 N–H and O–H groups in total. The van der Waals surface area contributed by atoms with Gasteiger partial charge in [0, 0.05) is 36.2 Å². The molecule has 1 aromatic rings. The Morgan fingerprint density at radius 2 is 2.03 bits per heavy atom. The summed E-state index contributed by atoms with van der Waals surface area (Å²) in [5.74, 6) is 0.967. The van der Waals surface area contributed by atoms with E-state index in [1.165, 1.54) is 0 Å². The third-order valence-corrected chi connectivity index (χ3v) is 7.67. The lowest BCUT2D eigenvalue weighted by Crippen LogP contribution is -2.56. The van der Waals surface area contributed by atoms with Crippen LogP contribution in [-0.2, 0) is 20.3 Å². The zero-order chi connectivity index (χ0) is 20.9. The fraction of sp³-hybridized carbons (Fsp3) is 0.737. The van der Waals surface area contributed by atoms with E-state index in [9.17, 15) is 9.00 Å². The van der Waals surface area contributed by atoms with Crippen LogP contribution in [0.2, 0.25) is 0 Å². The minimum atomic E-state index is -1.23. The largest absolute Gasteiger partial charge is 0.486 e. The van der Waals surface area contributed by atoms with E-state index in [4.69, 9.17) is 15.2 Å². The molecular formula is C19H29N5O4S. The number of fused-ring (bicyclic) bond motifs is 3. The maximum absolute atomic E-state index is 13.2. The van der Waals surface area contributed by atoms with Crippen LogP contribution in [0.3, 0.4) is 0 Å². The quantitative estimate of drug-likeness (QED) is 0.737. The van der Waals surface area contributed by atoms with Gasteiger partial charge in [-0.1, -0.05) is 0 Å². The van der Waals surface area contributed by atoms with Crippen molar-refractivity contribution in [2.75, 3.05) is 44.1 Å². The number of likely N-dealkylation sites (tertiary alicyclic amines) is 1. The molecule has 0 aliphatic carbocycles. The van der Waals surface area contributed by atoms with Gasteiger partial charge >= 0.3 is 0 Å². The van der Waals surface area contributed by atoms with Gasteiger partial charge in [-0.2, -0.15) is 0 Å². The number of rotatable bonds is 3. The van der Waals surface area contributed by atoms with E-state index >= 15 is 0 Å². The predicted molar refractivity (Wildman–Crippen MR) is 110 cm³/mol. The summed E-state index contributed by atoms with van der Waals surface area (Å²) in [6, 6.07) is 0.0764. The summed E-state index contributed by atoms with van der Waals surface area (Å²) in [6.07, 6.45) is 2.40. The summed E-state index contributed by atoms with van der Waals surface area (Å²) in [7, 11) is -1.23. The van der Waals surface area contributed by atoms with Crippen LogP contribution in [0.5, 0.6) is 5.75 Å². The van der Waals surface area contributed by atoms with Crippen LogP contribution in [0.15, 0.2) is 0 Å². The average Bonchev–Trinajstić information content (AvgIpc) is 3.12. The molecule has 160 valence electrons. The normalized spacial score (nSPS) is 27.8. The third kappa shape index (κ3) is 3.51. The number of amides is 1. The minimum absolute atomic E-state index is 0.0207. The van der Waals surface area contributed by atoms with Gasteiger partial charge in [0.15, 0.2) is 11.6 Å². The number of hydrogen-bond acceptors (Lipinski definition) is 8. The van der Waals surface area contributed by atoms with E-state index in [2.05, 4.69) is 21.8 Å². The van der Waals surface area contributed by atoms with Gasteiger partial charge in [-0.05, 0) is 27.2 Å². The van der Waals surface area contributed by atoms with E-state index < -0.39 is 15.5 Å².